The van der Waals surface area contributed by atoms with Crippen LogP contribution < -0.4 is 15.5 Å². The molecule has 140 valence electrons. The van der Waals surface area contributed by atoms with E-state index in [9.17, 15) is 9.59 Å². The lowest BCUT2D eigenvalue weighted by molar-refractivity contribution is -0.929. The van der Waals surface area contributed by atoms with Crippen LogP contribution in [0.2, 0.25) is 0 Å². The molecule has 0 aliphatic carbocycles. The molecule has 1 aliphatic heterocycles. The molecule has 3 rings (SSSR count). The zero-order valence-electron chi connectivity index (χ0n) is 15.4. The minimum absolute atomic E-state index is 0.227. The molecule has 1 fully saturated rings. The number of amides is 3. The van der Waals surface area contributed by atoms with E-state index >= 15 is 0 Å². The van der Waals surface area contributed by atoms with Crippen molar-refractivity contribution in [2.75, 3.05) is 19.6 Å². The molecule has 1 saturated heterocycles. The van der Waals surface area contributed by atoms with Crippen molar-refractivity contribution in [1.29, 1.82) is 0 Å². The number of imide groups is 1. The summed E-state index contributed by atoms with van der Waals surface area (Å²) in [4.78, 5) is 30.1. The van der Waals surface area contributed by atoms with Crippen LogP contribution in [0.4, 0.5) is 4.79 Å². The smallest absolute Gasteiger partial charge is 0.321 e. The third-order valence-corrected chi connectivity index (χ3v) is 5.80. The third kappa shape index (κ3) is 4.80. The van der Waals surface area contributed by atoms with Crippen molar-refractivity contribution < 1.29 is 14.5 Å². The Kier molecular flexibility index (Phi) is 6.21. The van der Waals surface area contributed by atoms with Gasteiger partial charge in [0.05, 0.1) is 16.8 Å². The number of thiazole rings is 1. The first-order valence-electron chi connectivity index (χ1n) is 9.30. The monoisotopic (exact) mass is 375 g/mol. The summed E-state index contributed by atoms with van der Waals surface area (Å²) < 4.78 is 1.19. The number of carbonyl (C=O) groups is 2. The summed E-state index contributed by atoms with van der Waals surface area (Å²) in [7, 11) is 0. The standard InChI is InChI=1S/C19H26N4O2S/c1-13(2)11-20-19(25)22-17(24)12-23-10-6-5-8-15(23)18-21-14-7-3-4-9-16(14)26-18/h3-4,7,9,13,15H,5-6,8,10-12H2,1-2H3,(H2,20,22,24,25)/p+1/t15-/m1/s1. The van der Waals surface area contributed by atoms with Gasteiger partial charge in [0.15, 0.2) is 11.6 Å². The highest BCUT2D eigenvalue weighted by Crippen LogP contribution is 2.28. The number of carbonyl (C=O) groups excluding carboxylic acids is 2. The molecular formula is C19H27N4O2S+. The maximum absolute atomic E-state index is 12.3. The van der Waals surface area contributed by atoms with Crippen molar-refractivity contribution >= 4 is 33.5 Å². The number of para-hydroxylation sites is 1. The second-order valence-electron chi connectivity index (χ2n) is 7.31. The number of likely N-dealkylation sites (tertiary alicyclic amines) is 1. The van der Waals surface area contributed by atoms with E-state index in [2.05, 4.69) is 16.7 Å². The van der Waals surface area contributed by atoms with Crippen LogP contribution in [-0.2, 0) is 4.79 Å². The largest absolute Gasteiger partial charge is 0.338 e. The Morgan fingerprint density at radius 1 is 1.31 bits per heavy atom. The predicted octanol–water partition coefficient (Wildman–Crippen LogP) is 1.89. The predicted molar refractivity (Wildman–Crippen MR) is 103 cm³/mol. The molecule has 2 atom stereocenters. The summed E-state index contributed by atoms with van der Waals surface area (Å²) in [5, 5.41) is 6.27. The Balaban J connectivity index is 1.63. The highest BCUT2D eigenvalue weighted by atomic mass is 32.1. The fourth-order valence-corrected chi connectivity index (χ4v) is 4.51. The summed E-state index contributed by atoms with van der Waals surface area (Å²) in [6.45, 7) is 5.83. The number of urea groups is 1. The minimum atomic E-state index is -0.406. The minimum Gasteiger partial charge on any atom is -0.338 e. The van der Waals surface area contributed by atoms with E-state index in [0.29, 0.717) is 19.0 Å². The first-order valence-corrected chi connectivity index (χ1v) is 10.1. The normalized spacial score (nSPS) is 20.3. The fourth-order valence-electron chi connectivity index (χ4n) is 3.35. The van der Waals surface area contributed by atoms with Crippen LogP contribution in [0.1, 0.15) is 44.2 Å². The van der Waals surface area contributed by atoms with Gasteiger partial charge in [0, 0.05) is 13.0 Å². The molecule has 0 saturated carbocycles. The SMILES string of the molecule is CC(C)CNC(=O)NC(=O)C[NH+]1CCCC[C@@H]1c1nc2ccccc2s1. The molecule has 1 unspecified atom stereocenters. The van der Waals surface area contributed by atoms with E-state index in [4.69, 9.17) is 4.98 Å². The van der Waals surface area contributed by atoms with Crippen LogP contribution in [0.15, 0.2) is 24.3 Å². The fraction of sp³-hybridized carbons (Fsp3) is 0.526. The number of nitrogens with one attached hydrogen (secondary N) is 3. The summed E-state index contributed by atoms with van der Waals surface area (Å²) in [6.07, 6.45) is 3.28. The molecule has 2 heterocycles. The van der Waals surface area contributed by atoms with Crippen molar-refractivity contribution in [3.63, 3.8) is 0 Å². The Hall–Kier alpha value is -1.99. The molecule has 0 bridgehead atoms. The average Bonchev–Trinajstić information content (AvgIpc) is 3.04. The number of fused-ring (bicyclic) bond motifs is 1. The van der Waals surface area contributed by atoms with Crippen LogP contribution in [0.5, 0.6) is 0 Å². The van der Waals surface area contributed by atoms with Gasteiger partial charge in [-0.15, -0.1) is 11.3 Å². The van der Waals surface area contributed by atoms with Gasteiger partial charge in [0.25, 0.3) is 5.91 Å². The van der Waals surface area contributed by atoms with Gasteiger partial charge >= 0.3 is 6.03 Å². The van der Waals surface area contributed by atoms with Crippen molar-refractivity contribution in [3.8, 4) is 0 Å². The molecular weight excluding hydrogens is 348 g/mol. The molecule has 1 aromatic heterocycles. The van der Waals surface area contributed by atoms with Gasteiger partial charge in [0.2, 0.25) is 0 Å². The molecule has 0 radical (unpaired) electrons. The molecule has 1 aromatic carbocycles. The number of hydrogen-bond acceptors (Lipinski definition) is 4. The van der Waals surface area contributed by atoms with Crippen LogP contribution in [0.25, 0.3) is 10.2 Å². The number of nitrogens with zero attached hydrogens (tertiary/aromatic N) is 1. The van der Waals surface area contributed by atoms with Crippen molar-refractivity contribution in [1.82, 2.24) is 15.6 Å². The zero-order valence-corrected chi connectivity index (χ0v) is 16.2. The molecule has 7 heteroatoms. The Bertz CT molecular complexity index is 741. The first kappa shape index (κ1) is 18.8. The number of hydrogen-bond donors (Lipinski definition) is 3. The van der Waals surface area contributed by atoms with Crippen LogP contribution >= 0.6 is 11.3 Å². The third-order valence-electron chi connectivity index (χ3n) is 4.65. The van der Waals surface area contributed by atoms with Gasteiger partial charge < -0.3 is 10.2 Å². The highest BCUT2D eigenvalue weighted by molar-refractivity contribution is 7.18. The molecule has 26 heavy (non-hydrogen) atoms. The summed E-state index contributed by atoms with van der Waals surface area (Å²) >= 11 is 1.72. The first-order chi connectivity index (χ1) is 12.5. The van der Waals surface area contributed by atoms with Gasteiger partial charge in [-0.2, -0.15) is 0 Å². The number of benzene rings is 1. The Morgan fingerprint density at radius 3 is 2.88 bits per heavy atom. The lowest BCUT2D eigenvalue weighted by atomic mass is 10.0. The lowest BCUT2D eigenvalue weighted by Gasteiger charge is -2.30. The summed E-state index contributed by atoms with van der Waals surface area (Å²) in [6, 6.07) is 7.97. The van der Waals surface area contributed by atoms with Gasteiger partial charge in [0.1, 0.15) is 6.04 Å². The van der Waals surface area contributed by atoms with E-state index in [1.165, 1.54) is 9.60 Å². The highest BCUT2D eigenvalue weighted by Gasteiger charge is 2.32. The van der Waals surface area contributed by atoms with Crippen molar-refractivity contribution in [2.45, 2.75) is 39.2 Å². The molecule has 3 amide bonds. The number of rotatable bonds is 5. The Labute approximate surface area is 158 Å². The average molecular weight is 376 g/mol. The maximum Gasteiger partial charge on any atom is 0.321 e. The summed E-state index contributed by atoms with van der Waals surface area (Å²) in [5.41, 5.74) is 1.02. The van der Waals surface area contributed by atoms with Gasteiger partial charge in [-0.05, 0) is 30.9 Å². The lowest BCUT2D eigenvalue weighted by Crippen LogP contribution is -3.14. The second-order valence-corrected chi connectivity index (χ2v) is 8.37. The van der Waals surface area contributed by atoms with E-state index in [-0.39, 0.29) is 11.9 Å². The van der Waals surface area contributed by atoms with E-state index in [0.717, 1.165) is 36.3 Å². The van der Waals surface area contributed by atoms with Gasteiger partial charge in [-0.3, -0.25) is 10.1 Å². The second kappa shape index (κ2) is 8.60. The van der Waals surface area contributed by atoms with Gasteiger partial charge in [-0.25, -0.2) is 9.78 Å². The van der Waals surface area contributed by atoms with Crippen LogP contribution in [0, 0.1) is 5.92 Å². The molecule has 1 aliphatic rings. The Morgan fingerprint density at radius 2 is 2.12 bits per heavy atom. The molecule has 6 nitrogen and oxygen atoms in total. The van der Waals surface area contributed by atoms with Crippen LogP contribution in [0.3, 0.4) is 0 Å². The number of piperidine rings is 1. The number of aromatic nitrogens is 1. The maximum atomic E-state index is 12.3. The van der Waals surface area contributed by atoms with Crippen molar-refractivity contribution in [2.24, 2.45) is 5.92 Å². The summed E-state index contributed by atoms with van der Waals surface area (Å²) in [5.74, 6) is 0.126. The van der Waals surface area contributed by atoms with Crippen molar-refractivity contribution in [3.05, 3.63) is 29.3 Å². The molecule has 3 N–H and O–H groups in total. The number of quaternary nitrogens is 1. The van der Waals surface area contributed by atoms with Crippen LogP contribution in [-0.4, -0.2) is 36.6 Å². The molecule has 2 aromatic rings. The van der Waals surface area contributed by atoms with Gasteiger partial charge in [-0.1, -0.05) is 26.0 Å². The zero-order chi connectivity index (χ0) is 18.5. The van der Waals surface area contributed by atoms with E-state index in [1.54, 1.807) is 11.3 Å². The van der Waals surface area contributed by atoms with E-state index < -0.39 is 6.03 Å². The topological polar surface area (TPSA) is 75.5 Å². The van der Waals surface area contributed by atoms with E-state index in [1.807, 2.05) is 32.0 Å². The molecule has 0 spiro atoms. The quantitative estimate of drug-likeness (QED) is 0.747.